The molecule has 0 aliphatic carbocycles. The van der Waals surface area contributed by atoms with Crippen LogP contribution in [0.15, 0.2) is 33.5 Å². The Kier molecular flexibility index (Phi) is 5.72. The molecule has 1 heterocycles. The van der Waals surface area contributed by atoms with Gasteiger partial charge in [-0.15, -0.1) is 0 Å². The van der Waals surface area contributed by atoms with Crippen LogP contribution in [0, 0.1) is 0 Å². The number of rotatable bonds is 7. The van der Waals surface area contributed by atoms with E-state index in [1.54, 1.807) is 31.4 Å². The van der Waals surface area contributed by atoms with Gasteiger partial charge >= 0.3 is 0 Å². The maximum atomic E-state index is 13.3. The largest absolute Gasteiger partial charge is 0.493 e. The Morgan fingerprint density at radius 2 is 1.28 bits per heavy atom. The van der Waals surface area contributed by atoms with Crippen molar-refractivity contribution in [2.24, 2.45) is 0 Å². The van der Waals surface area contributed by atoms with Crippen molar-refractivity contribution >= 4 is 11.0 Å². The summed E-state index contributed by atoms with van der Waals surface area (Å²) in [4.78, 5) is 13.3. The molecule has 0 unspecified atom stereocenters. The van der Waals surface area contributed by atoms with Gasteiger partial charge in [0.1, 0.15) is 5.39 Å². The number of methoxy groups -OCH3 is 6. The lowest BCUT2D eigenvalue weighted by Gasteiger charge is -2.16. The van der Waals surface area contributed by atoms with Gasteiger partial charge in [-0.3, -0.25) is 4.79 Å². The van der Waals surface area contributed by atoms with Crippen LogP contribution < -0.4 is 33.8 Å². The predicted molar refractivity (Wildman–Crippen MR) is 107 cm³/mol. The summed E-state index contributed by atoms with van der Waals surface area (Å²) in [5.74, 6) is 2.14. The second kappa shape index (κ2) is 8.22. The average Bonchev–Trinajstić information content (AvgIpc) is 2.77. The monoisotopic (exact) mass is 402 g/mol. The molecule has 0 aliphatic rings. The van der Waals surface area contributed by atoms with Crippen LogP contribution in [0.1, 0.15) is 0 Å². The lowest BCUT2D eigenvalue weighted by Crippen LogP contribution is -2.10. The van der Waals surface area contributed by atoms with Crippen LogP contribution in [-0.2, 0) is 0 Å². The Labute approximate surface area is 167 Å². The Morgan fingerprint density at radius 3 is 1.83 bits per heavy atom. The van der Waals surface area contributed by atoms with Crippen molar-refractivity contribution in [3.63, 3.8) is 0 Å². The summed E-state index contributed by atoms with van der Waals surface area (Å²) in [6.45, 7) is 0. The van der Waals surface area contributed by atoms with E-state index in [1.165, 1.54) is 35.5 Å². The molecule has 1 aromatic heterocycles. The van der Waals surface area contributed by atoms with E-state index in [9.17, 15) is 4.79 Å². The average molecular weight is 402 g/mol. The minimum Gasteiger partial charge on any atom is -0.493 e. The molecular weight excluding hydrogens is 380 g/mol. The zero-order valence-electron chi connectivity index (χ0n) is 17.1. The van der Waals surface area contributed by atoms with E-state index in [1.807, 2.05) is 0 Å². The van der Waals surface area contributed by atoms with Gasteiger partial charge in [0.25, 0.3) is 0 Å². The maximum Gasteiger partial charge on any atom is 0.239 e. The fraction of sp³-hybridized carbons (Fsp3) is 0.286. The van der Waals surface area contributed by atoms with Crippen LogP contribution in [0.2, 0.25) is 0 Å². The summed E-state index contributed by atoms with van der Waals surface area (Å²) in [5.41, 5.74) is 0.351. The lowest BCUT2D eigenvalue weighted by atomic mass is 10.1. The van der Waals surface area contributed by atoms with E-state index in [0.29, 0.717) is 28.6 Å². The number of fused-ring (bicyclic) bond motifs is 1. The number of benzene rings is 2. The van der Waals surface area contributed by atoms with Gasteiger partial charge in [0.05, 0.1) is 42.7 Å². The Balaban J connectivity index is 2.43. The molecule has 0 bridgehead atoms. The fourth-order valence-electron chi connectivity index (χ4n) is 3.13. The molecule has 8 heteroatoms. The first kappa shape index (κ1) is 20.2. The molecular formula is C21H22O8. The van der Waals surface area contributed by atoms with Crippen molar-refractivity contribution in [3.8, 4) is 45.8 Å². The fourth-order valence-corrected chi connectivity index (χ4v) is 3.13. The maximum absolute atomic E-state index is 13.3. The van der Waals surface area contributed by atoms with Gasteiger partial charge in [-0.25, -0.2) is 0 Å². The van der Waals surface area contributed by atoms with Crippen LogP contribution in [0.3, 0.4) is 0 Å². The quantitative estimate of drug-likeness (QED) is 0.594. The molecule has 154 valence electrons. The third kappa shape index (κ3) is 3.26. The van der Waals surface area contributed by atoms with Crippen molar-refractivity contribution in [1.29, 1.82) is 0 Å². The highest BCUT2D eigenvalue weighted by Gasteiger charge is 2.25. The van der Waals surface area contributed by atoms with Crippen molar-refractivity contribution in [2.45, 2.75) is 0 Å². The molecule has 8 nitrogen and oxygen atoms in total. The van der Waals surface area contributed by atoms with Crippen molar-refractivity contribution in [3.05, 3.63) is 34.5 Å². The first-order valence-corrected chi connectivity index (χ1v) is 8.60. The SMILES string of the molecule is COc1ccc(-c2oc3c(OC)cc(OC)c(OC)c3c(=O)c2OC)cc1OC. The molecule has 0 radical (unpaired) electrons. The smallest absolute Gasteiger partial charge is 0.239 e. The standard InChI is InChI=1S/C21H22O8/c1-23-12-8-7-11(9-13(12)24-2)18-21(28-6)17(22)16-19(27-5)14(25-3)10-15(26-4)20(16)29-18/h7-10H,1-6H3. The Bertz CT molecular complexity index is 1100. The molecule has 0 aliphatic heterocycles. The zero-order valence-corrected chi connectivity index (χ0v) is 17.1. The van der Waals surface area contributed by atoms with Crippen LogP contribution in [0.4, 0.5) is 0 Å². The number of hydrogen-bond acceptors (Lipinski definition) is 8. The minimum absolute atomic E-state index is 0.0123. The molecule has 0 amide bonds. The summed E-state index contributed by atoms with van der Waals surface area (Å²) in [7, 11) is 8.85. The van der Waals surface area contributed by atoms with E-state index < -0.39 is 5.43 Å². The second-order valence-electron chi connectivity index (χ2n) is 5.88. The van der Waals surface area contributed by atoms with Gasteiger partial charge in [-0.2, -0.15) is 0 Å². The van der Waals surface area contributed by atoms with Crippen LogP contribution in [0.25, 0.3) is 22.3 Å². The third-order valence-electron chi connectivity index (χ3n) is 4.50. The highest BCUT2D eigenvalue weighted by atomic mass is 16.5. The third-order valence-corrected chi connectivity index (χ3v) is 4.50. The van der Waals surface area contributed by atoms with E-state index in [0.717, 1.165) is 0 Å². The van der Waals surface area contributed by atoms with Gasteiger partial charge in [0.15, 0.2) is 40.1 Å². The second-order valence-corrected chi connectivity index (χ2v) is 5.88. The molecule has 29 heavy (non-hydrogen) atoms. The molecule has 0 atom stereocenters. The van der Waals surface area contributed by atoms with E-state index >= 15 is 0 Å². The number of ether oxygens (including phenoxy) is 6. The molecule has 0 N–H and O–H groups in total. The van der Waals surface area contributed by atoms with Gasteiger partial charge in [0.2, 0.25) is 11.2 Å². The topological polar surface area (TPSA) is 85.6 Å². The molecule has 3 rings (SSSR count). The van der Waals surface area contributed by atoms with Crippen LogP contribution in [0.5, 0.6) is 34.5 Å². The summed E-state index contributed by atoms with van der Waals surface area (Å²) < 4.78 is 38.3. The molecule has 0 saturated heterocycles. The predicted octanol–water partition coefficient (Wildman–Crippen LogP) is 3.51. The molecule has 2 aromatic carbocycles. The molecule has 0 spiro atoms. The normalized spacial score (nSPS) is 10.6. The highest BCUT2D eigenvalue weighted by Crippen LogP contribution is 2.44. The lowest BCUT2D eigenvalue weighted by molar-refractivity contribution is 0.349. The van der Waals surface area contributed by atoms with Gasteiger partial charge in [0, 0.05) is 11.6 Å². The van der Waals surface area contributed by atoms with Gasteiger partial charge in [-0.1, -0.05) is 0 Å². The Hall–Kier alpha value is -3.55. The number of hydrogen-bond donors (Lipinski definition) is 0. The van der Waals surface area contributed by atoms with Crippen LogP contribution in [-0.4, -0.2) is 42.7 Å². The van der Waals surface area contributed by atoms with E-state index in [4.69, 9.17) is 32.8 Å². The van der Waals surface area contributed by atoms with Crippen molar-refractivity contribution < 1.29 is 32.8 Å². The summed E-state index contributed by atoms with van der Waals surface area (Å²) in [6.07, 6.45) is 0. The van der Waals surface area contributed by atoms with Gasteiger partial charge in [-0.05, 0) is 18.2 Å². The van der Waals surface area contributed by atoms with E-state index in [2.05, 4.69) is 0 Å². The highest BCUT2D eigenvalue weighted by molar-refractivity contribution is 5.94. The summed E-state index contributed by atoms with van der Waals surface area (Å²) >= 11 is 0. The molecule has 3 aromatic rings. The minimum atomic E-state index is -0.424. The first-order chi connectivity index (χ1) is 14.0. The molecule has 0 fully saturated rings. The van der Waals surface area contributed by atoms with E-state index in [-0.39, 0.29) is 28.2 Å². The zero-order chi connectivity index (χ0) is 21.1. The Morgan fingerprint density at radius 1 is 0.655 bits per heavy atom. The van der Waals surface area contributed by atoms with Crippen LogP contribution >= 0.6 is 0 Å². The summed E-state index contributed by atoms with van der Waals surface area (Å²) in [5, 5.41) is 0.157. The van der Waals surface area contributed by atoms with Gasteiger partial charge < -0.3 is 32.8 Å². The first-order valence-electron chi connectivity index (χ1n) is 8.60. The van der Waals surface area contributed by atoms with Crippen molar-refractivity contribution in [2.75, 3.05) is 42.7 Å². The van der Waals surface area contributed by atoms with Crippen molar-refractivity contribution in [1.82, 2.24) is 0 Å². The molecule has 0 saturated carbocycles. The summed E-state index contributed by atoms with van der Waals surface area (Å²) in [6, 6.07) is 6.73.